The monoisotopic (exact) mass is 410 g/mol. The lowest BCUT2D eigenvalue weighted by molar-refractivity contribution is -0.186. The van der Waals surface area contributed by atoms with E-state index < -0.39 is 0 Å². The highest BCUT2D eigenvalue weighted by Gasteiger charge is 2.60. The predicted molar refractivity (Wildman–Crippen MR) is 112 cm³/mol. The van der Waals surface area contributed by atoms with Crippen molar-refractivity contribution in [3.05, 3.63) is 30.1 Å². The smallest absolute Gasteiger partial charge is 0.229 e. The van der Waals surface area contributed by atoms with Crippen molar-refractivity contribution in [1.82, 2.24) is 9.88 Å². The number of hydrogen-bond acceptors (Lipinski definition) is 4. The number of ether oxygens (including phenoxy) is 2. The Kier molecular flexibility index (Phi) is 4.68. The number of nitrogens with zero attached hydrogens (tertiary/aromatic N) is 2. The van der Waals surface area contributed by atoms with Gasteiger partial charge in [0.1, 0.15) is 5.60 Å². The van der Waals surface area contributed by atoms with E-state index in [1.54, 1.807) is 0 Å². The van der Waals surface area contributed by atoms with Gasteiger partial charge in [-0.25, -0.2) is 0 Å². The third-order valence-corrected chi connectivity index (χ3v) is 8.88. The minimum Gasteiger partial charge on any atom is -0.375 e. The van der Waals surface area contributed by atoms with Crippen molar-refractivity contribution in [3.8, 4) is 0 Å². The van der Waals surface area contributed by atoms with Gasteiger partial charge in [-0.2, -0.15) is 0 Å². The van der Waals surface area contributed by atoms with E-state index in [9.17, 15) is 4.79 Å². The third-order valence-electron chi connectivity index (χ3n) is 8.88. The second-order valence-corrected chi connectivity index (χ2v) is 10.9. The van der Waals surface area contributed by atoms with Crippen LogP contribution in [0.5, 0.6) is 0 Å². The summed E-state index contributed by atoms with van der Waals surface area (Å²) in [6.45, 7) is 3.73. The average molecular weight is 411 g/mol. The zero-order valence-corrected chi connectivity index (χ0v) is 17.9. The Labute approximate surface area is 179 Å². The Balaban J connectivity index is 1.03. The normalized spacial score (nSPS) is 38.2. The molecular formula is C25H34N2O3. The van der Waals surface area contributed by atoms with Gasteiger partial charge in [-0.3, -0.25) is 9.78 Å². The standard InChI is InChI=1S/C25H34N2O3/c28-23(24-12-18-9-19(13-24)11-20(10-18)14-24)27-16-25(17-27)21(5-8-30-25)4-7-29-15-22-3-1-2-6-26-22/h1-3,6,18-21H,4-5,7-17H2/t18?,19?,20?,21-,24?/m0/s1. The predicted octanol–water partition coefficient (Wildman–Crippen LogP) is 3.82. The molecule has 4 bridgehead atoms. The van der Waals surface area contributed by atoms with Crippen LogP contribution in [0.15, 0.2) is 24.4 Å². The molecule has 4 aliphatic carbocycles. The van der Waals surface area contributed by atoms with Crippen LogP contribution < -0.4 is 0 Å². The van der Waals surface area contributed by atoms with Gasteiger partial charge in [0.2, 0.25) is 5.91 Å². The first-order valence-electron chi connectivity index (χ1n) is 12.1. The van der Waals surface area contributed by atoms with Gasteiger partial charge in [0.25, 0.3) is 0 Å². The number of rotatable bonds is 6. The number of amides is 1. The maximum atomic E-state index is 13.6. The van der Waals surface area contributed by atoms with Gasteiger partial charge >= 0.3 is 0 Å². The largest absolute Gasteiger partial charge is 0.375 e. The van der Waals surface area contributed by atoms with Gasteiger partial charge in [0.05, 0.1) is 30.8 Å². The fourth-order valence-corrected chi connectivity index (χ4v) is 7.88. The number of carbonyl (C=O) groups is 1. The molecule has 0 unspecified atom stereocenters. The van der Waals surface area contributed by atoms with Crippen LogP contribution in [0, 0.1) is 29.1 Å². The zero-order valence-electron chi connectivity index (χ0n) is 17.9. The lowest BCUT2D eigenvalue weighted by Crippen LogP contribution is -2.69. The van der Waals surface area contributed by atoms with E-state index >= 15 is 0 Å². The van der Waals surface area contributed by atoms with E-state index in [-0.39, 0.29) is 11.0 Å². The highest BCUT2D eigenvalue weighted by molar-refractivity contribution is 5.84. The summed E-state index contributed by atoms with van der Waals surface area (Å²) < 4.78 is 12.1. The van der Waals surface area contributed by atoms with Crippen LogP contribution in [-0.4, -0.2) is 47.7 Å². The summed E-state index contributed by atoms with van der Waals surface area (Å²) in [5.74, 6) is 3.43. The summed E-state index contributed by atoms with van der Waals surface area (Å²) in [5.41, 5.74) is 0.855. The van der Waals surface area contributed by atoms with Gasteiger partial charge in [0, 0.05) is 19.4 Å². The summed E-state index contributed by atoms with van der Waals surface area (Å²) in [5, 5.41) is 0. The Bertz CT molecular complexity index is 754. The first kappa shape index (κ1) is 19.2. The highest BCUT2D eigenvalue weighted by Crippen LogP contribution is 2.61. The minimum absolute atomic E-state index is 0.0176. The molecule has 1 aromatic heterocycles. The Hall–Kier alpha value is -1.46. The van der Waals surface area contributed by atoms with Crippen LogP contribution in [0.25, 0.3) is 0 Å². The van der Waals surface area contributed by atoms with Gasteiger partial charge in [-0.15, -0.1) is 0 Å². The summed E-state index contributed by atoms with van der Waals surface area (Å²) >= 11 is 0. The SMILES string of the molecule is O=C(N1CC2(C1)OCC[C@@H]2CCOCc1ccccn1)C12CC3CC(CC(C3)C1)C2. The molecule has 1 atom stereocenters. The van der Waals surface area contributed by atoms with Crippen LogP contribution in [0.4, 0.5) is 0 Å². The third kappa shape index (κ3) is 3.20. The molecular weight excluding hydrogens is 376 g/mol. The van der Waals surface area contributed by atoms with E-state index in [0.29, 0.717) is 18.4 Å². The molecule has 5 nitrogen and oxygen atoms in total. The Morgan fingerprint density at radius 3 is 2.53 bits per heavy atom. The molecule has 6 fully saturated rings. The average Bonchev–Trinajstić information content (AvgIpc) is 3.13. The first-order valence-corrected chi connectivity index (χ1v) is 12.1. The topological polar surface area (TPSA) is 51.7 Å². The maximum absolute atomic E-state index is 13.6. The van der Waals surface area contributed by atoms with Crippen LogP contribution in [0.1, 0.15) is 57.1 Å². The van der Waals surface area contributed by atoms with Crippen molar-refractivity contribution in [2.75, 3.05) is 26.3 Å². The molecule has 0 radical (unpaired) electrons. The fourth-order valence-electron chi connectivity index (χ4n) is 7.88. The lowest BCUT2D eigenvalue weighted by Gasteiger charge is -2.59. The molecule has 0 N–H and O–H groups in total. The van der Waals surface area contributed by atoms with Gasteiger partial charge in [-0.05, 0) is 87.2 Å². The molecule has 7 rings (SSSR count). The van der Waals surface area contributed by atoms with E-state index in [0.717, 1.165) is 81.9 Å². The van der Waals surface area contributed by atoms with Crippen LogP contribution in [0.3, 0.4) is 0 Å². The second-order valence-electron chi connectivity index (χ2n) is 10.9. The molecule has 30 heavy (non-hydrogen) atoms. The van der Waals surface area contributed by atoms with Gasteiger partial charge in [0.15, 0.2) is 0 Å². The molecule has 162 valence electrons. The van der Waals surface area contributed by atoms with Crippen molar-refractivity contribution >= 4 is 5.91 Å². The molecule has 1 spiro atoms. The summed E-state index contributed by atoms with van der Waals surface area (Å²) in [6, 6.07) is 5.92. The van der Waals surface area contributed by atoms with Crippen molar-refractivity contribution in [3.63, 3.8) is 0 Å². The van der Waals surface area contributed by atoms with Crippen molar-refractivity contribution in [2.24, 2.45) is 29.1 Å². The number of aromatic nitrogens is 1. The molecule has 1 amide bonds. The van der Waals surface area contributed by atoms with Crippen LogP contribution >= 0.6 is 0 Å². The fraction of sp³-hybridized carbons (Fsp3) is 0.760. The van der Waals surface area contributed by atoms with Crippen LogP contribution in [0.2, 0.25) is 0 Å². The van der Waals surface area contributed by atoms with E-state index in [2.05, 4.69) is 9.88 Å². The number of hydrogen-bond donors (Lipinski definition) is 0. The molecule has 2 saturated heterocycles. The molecule has 4 saturated carbocycles. The molecule has 2 aliphatic heterocycles. The second kappa shape index (κ2) is 7.30. The maximum Gasteiger partial charge on any atom is 0.229 e. The number of pyridine rings is 1. The summed E-state index contributed by atoms with van der Waals surface area (Å²) in [6.07, 6.45) is 11.5. The quantitative estimate of drug-likeness (QED) is 0.669. The Morgan fingerprint density at radius 1 is 1.13 bits per heavy atom. The Morgan fingerprint density at radius 2 is 1.87 bits per heavy atom. The zero-order chi connectivity index (χ0) is 20.2. The highest BCUT2D eigenvalue weighted by atomic mass is 16.5. The van der Waals surface area contributed by atoms with E-state index in [1.807, 2.05) is 24.4 Å². The van der Waals surface area contributed by atoms with Gasteiger partial charge in [-0.1, -0.05) is 6.07 Å². The van der Waals surface area contributed by atoms with Crippen molar-refractivity contribution < 1.29 is 14.3 Å². The van der Waals surface area contributed by atoms with Gasteiger partial charge < -0.3 is 14.4 Å². The number of carbonyl (C=O) groups excluding carboxylic acids is 1. The molecule has 6 aliphatic rings. The summed E-state index contributed by atoms with van der Waals surface area (Å²) in [4.78, 5) is 20.1. The first-order chi connectivity index (χ1) is 14.6. The molecule has 5 heteroatoms. The van der Waals surface area contributed by atoms with E-state index in [1.165, 1.54) is 19.3 Å². The van der Waals surface area contributed by atoms with Crippen LogP contribution in [-0.2, 0) is 20.9 Å². The number of likely N-dealkylation sites (tertiary alicyclic amines) is 1. The van der Waals surface area contributed by atoms with E-state index in [4.69, 9.17) is 9.47 Å². The molecule has 1 aromatic rings. The van der Waals surface area contributed by atoms with Crippen molar-refractivity contribution in [2.45, 2.75) is 63.6 Å². The lowest BCUT2D eigenvalue weighted by atomic mass is 9.49. The molecule has 0 aromatic carbocycles. The minimum atomic E-state index is -0.105. The summed E-state index contributed by atoms with van der Waals surface area (Å²) in [7, 11) is 0. The van der Waals surface area contributed by atoms with Crippen molar-refractivity contribution in [1.29, 1.82) is 0 Å². The molecule has 3 heterocycles.